The minimum Gasteiger partial charge on any atom is -0.507 e. The first-order valence-corrected chi connectivity index (χ1v) is 9.46. The highest BCUT2D eigenvalue weighted by Crippen LogP contribution is 2.26. The molecule has 28 heavy (non-hydrogen) atoms. The van der Waals surface area contributed by atoms with Gasteiger partial charge in [-0.05, 0) is 35.7 Å². The van der Waals surface area contributed by atoms with E-state index in [1.165, 1.54) is 17.7 Å². The zero-order chi connectivity index (χ0) is 19.5. The maximum Gasteiger partial charge on any atom is 0.255 e. The van der Waals surface area contributed by atoms with Gasteiger partial charge in [0.15, 0.2) is 0 Å². The van der Waals surface area contributed by atoms with Crippen molar-refractivity contribution in [2.24, 2.45) is 0 Å². The van der Waals surface area contributed by atoms with Gasteiger partial charge in [0, 0.05) is 17.8 Å². The van der Waals surface area contributed by atoms with Gasteiger partial charge in [0.1, 0.15) is 11.9 Å². The first kappa shape index (κ1) is 18.5. The van der Waals surface area contributed by atoms with Crippen molar-refractivity contribution in [2.75, 3.05) is 13.2 Å². The molecule has 2 aromatic carbocycles. The smallest absolute Gasteiger partial charge is 0.255 e. The Hall–Kier alpha value is -2.83. The molecule has 0 fully saturated rings. The van der Waals surface area contributed by atoms with Gasteiger partial charge < -0.3 is 15.2 Å². The third kappa shape index (κ3) is 4.03. The van der Waals surface area contributed by atoms with E-state index >= 15 is 0 Å². The predicted molar refractivity (Wildman–Crippen MR) is 106 cm³/mol. The number of nitrogens with zero attached hydrogens (tertiary/aromatic N) is 2. The second-order valence-electron chi connectivity index (χ2n) is 6.70. The number of hydrogen-bond donors (Lipinski definition) is 2. The maximum atomic E-state index is 12.4. The van der Waals surface area contributed by atoms with Crippen molar-refractivity contribution in [3.05, 3.63) is 82.1 Å². The molecule has 0 aliphatic carbocycles. The summed E-state index contributed by atoms with van der Waals surface area (Å²) in [5, 5.41) is 17.8. The average Bonchev–Trinajstić information content (AvgIpc) is 3.10. The van der Waals surface area contributed by atoms with Crippen molar-refractivity contribution in [3.63, 3.8) is 0 Å². The van der Waals surface area contributed by atoms with E-state index in [-0.39, 0.29) is 29.9 Å². The van der Waals surface area contributed by atoms with E-state index in [2.05, 4.69) is 22.5 Å². The Labute approximate surface area is 167 Å². The molecule has 1 aliphatic heterocycles. The van der Waals surface area contributed by atoms with E-state index in [9.17, 15) is 9.90 Å². The third-order valence-electron chi connectivity index (χ3n) is 4.71. The number of nitrogens with one attached hydrogen (secondary N) is 1. The van der Waals surface area contributed by atoms with Crippen molar-refractivity contribution >= 4 is 17.5 Å². The third-order valence-corrected chi connectivity index (χ3v) is 4.94. The van der Waals surface area contributed by atoms with Crippen LogP contribution in [0.2, 0.25) is 5.02 Å². The maximum absolute atomic E-state index is 12.4. The average molecular weight is 398 g/mol. The molecule has 144 valence electrons. The summed E-state index contributed by atoms with van der Waals surface area (Å²) in [5.74, 6) is -0.531. The lowest BCUT2D eigenvalue weighted by Gasteiger charge is -2.22. The minimum absolute atomic E-state index is 0.151. The molecule has 2 N–H and O–H groups in total. The van der Waals surface area contributed by atoms with Crippen LogP contribution >= 0.6 is 11.6 Å². The SMILES string of the molecule is O=C(NC[C@@H]1OCCc2cn(Cc3ccccc3)nc21)c1ccc(Cl)cc1O. The number of hydrogen-bond acceptors (Lipinski definition) is 4. The monoisotopic (exact) mass is 397 g/mol. The molecule has 7 heteroatoms. The molecule has 1 aromatic heterocycles. The van der Waals surface area contributed by atoms with E-state index < -0.39 is 0 Å². The lowest BCUT2D eigenvalue weighted by Crippen LogP contribution is -2.32. The van der Waals surface area contributed by atoms with Crippen LogP contribution in [-0.2, 0) is 17.7 Å². The molecule has 0 unspecified atom stereocenters. The normalized spacial score (nSPS) is 15.8. The van der Waals surface area contributed by atoms with Crippen molar-refractivity contribution in [1.29, 1.82) is 0 Å². The zero-order valence-corrected chi connectivity index (χ0v) is 15.9. The molecule has 1 aliphatic rings. The number of carbonyl (C=O) groups excluding carboxylic acids is 1. The number of phenols is 1. The van der Waals surface area contributed by atoms with Crippen LogP contribution in [-0.4, -0.2) is 33.9 Å². The Morgan fingerprint density at radius 1 is 1.29 bits per heavy atom. The van der Waals surface area contributed by atoms with Gasteiger partial charge in [0.2, 0.25) is 0 Å². The highest BCUT2D eigenvalue weighted by molar-refractivity contribution is 6.30. The summed E-state index contributed by atoms with van der Waals surface area (Å²) in [5.41, 5.74) is 3.33. The fraction of sp³-hybridized carbons (Fsp3) is 0.238. The standard InChI is InChI=1S/C21H20ClN3O3/c22-16-6-7-17(18(26)10-16)21(27)23-11-19-20-15(8-9-28-19)13-25(24-20)12-14-4-2-1-3-5-14/h1-7,10,13,19,26H,8-9,11-12H2,(H,23,27)/t19-/m0/s1. The number of benzene rings is 2. The number of amides is 1. The molecule has 2 heterocycles. The molecule has 0 saturated heterocycles. The van der Waals surface area contributed by atoms with Crippen molar-refractivity contribution in [2.45, 2.75) is 19.1 Å². The number of ether oxygens (including phenoxy) is 1. The number of rotatable bonds is 5. The van der Waals surface area contributed by atoms with E-state index in [0.29, 0.717) is 18.2 Å². The summed E-state index contributed by atoms with van der Waals surface area (Å²) in [7, 11) is 0. The lowest BCUT2D eigenvalue weighted by atomic mass is 10.1. The zero-order valence-electron chi connectivity index (χ0n) is 15.1. The lowest BCUT2D eigenvalue weighted by molar-refractivity contribution is 0.0383. The van der Waals surface area contributed by atoms with Gasteiger partial charge >= 0.3 is 0 Å². The largest absolute Gasteiger partial charge is 0.507 e. The van der Waals surface area contributed by atoms with Crippen LogP contribution in [0.25, 0.3) is 0 Å². The van der Waals surface area contributed by atoms with Gasteiger partial charge in [0.05, 0.1) is 24.4 Å². The first-order chi connectivity index (χ1) is 13.6. The van der Waals surface area contributed by atoms with Crippen LogP contribution in [0, 0.1) is 0 Å². The van der Waals surface area contributed by atoms with Crippen molar-refractivity contribution in [1.82, 2.24) is 15.1 Å². The van der Waals surface area contributed by atoms with E-state index in [1.54, 1.807) is 6.07 Å². The highest BCUT2D eigenvalue weighted by Gasteiger charge is 2.25. The molecular formula is C21H20ClN3O3. The Morgan fingerprint density at radius 2 is 2.11 bits per heavy atom. The predicted octanol–water partition coefficient (Wildman–Crippen LogP) is 3.33. The van der Waals surface area contributed by atoms with Gasteiger partial charge in [-0.2, -0.15) is 5.10 Å². The van der Waals surface area contributed by atoms with Crippen LogP contribution in [0.15, 0.2) is 54.7 Å². The highest BCUT2D eigenvalue weighted by atomic mass is 35.5. The fourth-order valence-electron chi connectivity index (χ4n) is 3.32. The van der Waals surface area contributed by atoms with Crippen LogP contribution < -0.4 is 5.32 Å². The number of carbonyl (C=O) groups is 1. The molecule has 1 amide bonds. The Kier molecular flexibility index (Phi) is 5.32. The van der Waals surface area contributed by atoms with Crippen LogP contribution in [0.3, 0.4) is 0 Å². The Balaban J connectivity index is 1.45. The fourth-order valence-corrected chi connectivity index (χ4v) is 3.48. The number of aromatic nitrogens is 2. The second-order valence-corrected chi connectivity index (χ2v) is 7.14. The van der Waals surface area contributed by atoms with Crippen molar-refractivity contribution in [3.8, 4) is 5.75 Å². The van der Waals surface area contributed by atoms with E-state index in [4.69, 9.17) is 16.3 Å². The molecule has 6 nitrogen and oxygen atoms in total. The quantitative estimate of drug-likeness (QED) is 0.692. The summed E-state index contributed by atoms with van der Waals surface area (Å²) in [6.07, 6.45) is 2.52. The van der Waals surface area contributed by atoms with Gasteiger partial charge in [-0.3, -0.25) is 9.48 Å². The molecular weight excluding hydrogens is 378 g/mol. The number of fused-ring (bicyclic) bond motifs is 1. The van der Waals surface area contributed by atoms with Crippen molar-refractivity contribution < 1.29 is 14.6 Å². The van der Waals surface area contributed by atoms with Crippen LogP contribution in [0.4, 0.5) is 0 Å². The Morgan fingerprint density at radius 3 is 2.89 bits per heavy atom. The van der Waals surface area contributed by atoms with E-state index in [0.717, 1.165) is 17.7 Å². The van der Waals surface area contributed by atoms with Crippen LogP contribution in [0.1, 0.15) is 33.3 Å². The minimum atomic E-state index is -0.381. The summed E-state index contributed by atoms with van der Waals surface area (Å²) in [6.45, 7) is 1.54. The van der Waals surface area contributed by atoms with Crippen LogP contribution in [0.5, 0.6) is 5.75 Å². The molecule has 0 bridgehead atoms. The van der Waals surface area contributed by atoms with Gasteiger partial charge in [-0.25, -0.2) is 0 Å². The molecule has 0 saturated carbocycles. The summed E-state index contributed by atoms with van der Waals surface area (Å²) < 4.78 is 7.74. The number of phenolic OH excluding ortho intramolecular Hbond substituents is 1. The first-order valence-electron chi connectivity index (χ1n) is 9.08. The van der Waals surface area contributed by atoms with E-state index in [1.807, 2.05) is 29.1 Å². The molecule has 3 aromatic rings. The molecule has 0 radical (unpaired) electrons. The summed E-state index contributed by atoms with van der Waals surface area (Å²) >= 11 is 5.81. The topological polar surface area (TPSA) is 76.4 Å². The second kappa shape index (κ2) is 8.04. The molecule has 0 spiro atoms. The van der Waals surface area contributed by atoms with Gasteiger partial charge in [-0.1, -0.05) is 41.9 Å². The summed E-state index contributed by atoms with van der Waals surface area (Å²) in [6, 6.07) is 14.5. The van der Waals surface area contributed by atoms with Gasteiger partial charge in [0.25, 0.3) is 5.91 Å². The number of halogens is 1. The van der Waals surface area contributed by atoms with Gasteiger partial charge in [-0.15, -0.1) is 0 Å². The number of aromatic hydroxyl groups is 1. The Bertz CT molecular complexity index is 988. The molecule has 1 atom stereocenters. The summed E-state index contributed by atoms with van der Waals surface area (Å²) in [4.78, 5) is 12.4. The molecule has 4 rings (SSSR count).